The molecule has 2 aromatic carbocycles. The number of hydrogen-bond acceptors (Lipinski definition) is 3. The highest BCUT2D eigenvalue weighted by Gasteiger charge is 2.09. The van der Waals surface area contributed by atoms with Crippen molar-refractivity contribution in [1.29, 1.82) is 0 Å². The van der Waals surface area contributed by atoms with Gasteiger partial charge in [0.05, 0.1) is 17.6 Å². The van der Waals surface area contributed by atoms with Crippen molar-refractivity contribution in [1.82, 2.24) is 20.2 Å². The summed E-state index contributed by atoms with van der Waals surface area (Å²) in [4.78, 5) is 9.07. The lowest BCUT2D eigenvalue weighted by atomic mass is 10.2. The van der Waals surface area contributed by atoms with Crippen LogP contribution in [-0.4, -0.2) is 35.2 Å². The van der Waals surface area contributed by atoms with Crippen LogP contribution in [-0.2, 0) is 13.1 Å². The second-order valence-electron chi connectivity index (χ2n) is 6.41. The molecule has 0 spiro atoms. The number of benzene rings is 2. The van der Waals surface area contributed by atoms with E-state index in [9.17, 15) is 8.78 Å². The fourth-order valence-corrected chi connectivity index (χ4v) is 3.12. The van der Waals surface area contributed by atoms with Crippen LogP contribution in [0.4, 0.5) is 8.78 Å². The summed E-state index contributed by atoms with van der Waals surface area (Å²) in [6.45, 7) is 3.38. The first-order valence-corrected chi connectivity index (χ1v) is 9.55. The summed E-state index contributed by atoms with van der Waals surface area (Å²) in [5.41, 5.74) is 2.66. The number of alkyl halides is 2. The van der Waals surface area contributed by atoms with Crippen molar-refractivity contribution in [3.8, 4) is 5.75 Å². The summed E-state index contributed by atoms with van der Waals surface area (Å²) in [5, 5.41) is 6.45. The molecule has 0 bridgehead atoms. The second kappa shape index (κ2) is 11.7. The van der Waals surface area contributed by atoms with E-state index in [2.05, 4.69) is 36.0 Å². The van der Waals surface area contributed by atoms with Gasteiger partial charge in [0.25, 0.3) is 0 Å². The van der Waals surface area contributed by atoms with E-state index in [0.29, 0.717) is 24.6 Å². The van der Waals surface area contributed by atoms with Crippen molar-refractivity contribution in [3.05, 3.63) is 59.9 Å². The lowest BCUT2D eigenvalue weighted by molar-refractivity contribution is -0.0504. The third-order valence-electron chi connectivity index (χ3n) is 4.41. The summed E-state index contributed by atoms with van der Waals surface area (Å²) in [5.74, 6) is 1.71. The predicted molar refractivity (Wildman–Crippen MR) is 126 cm³/mol. The van der Waals surface area contributed by atoms with Gasteiger partial charge >= 0.3 is 6.61 Å². The van der Waals surface area contributed by atoms with Gasteiger partial charge in [-0.15, -0.1) is 24.0 Å². The minimum atomic E-state index is -2.86. The van der Waals surface area contributed by atoms with Gasteiger partial charge in [0.2, 0.25) is 0 Å². The van der Waals surface area contributed by atoms with E-state index in [1.54, 1.807) is 18.2 Å². The normalized spacial score (nSPS) is 11.4. The first-order valence-electron chi connectivity index (χ1n) is 9.55. The van der Waals surface area contributed by atoms with Crippen LogP contribution in [0.2, 0.25) is 0 Å². The van der Waals surface area contributed by atoms with Gasteiger partial charge in [0.1, 0.15) is 11.6 Å². The van der Waals surface area contributed by atoms with E-state index < -0.39 is 6.61 Å². The molecule has 30 heavy (non-hydrogen) atoms. The highest BCUT2D eigenvalue weighted by Crippen LogP contribution is 2.21. The molecule has 2 N–H and O–H groups in total. The van der Waals surface area contributed by atoms with Crippen LogP contribution in [0, 0.1) is 6.92 Å². The Morgan fingerprint density at radius 1 is 1.13 bits per heavy atom. The van der Waals surface area contributed by atoms with Gasteiger partial charge in [-0.25, -0.2) is 9.98 Å². The van der Waals surface area contributed by atoms with Crippen molar-refractivity contribution < 1.29 is 13.5 Å². The SMILES string of the molecule is CCNC(=NCc1ccccc1OC(F)F)NCCn1c(C)nc2ccccc21.I. The Balaban J connectivity index is 0.00000320. The lowest BCUT2D eigenvalue weighted by Gasteiger charge is -2.14. The maximum absolute atomic E-state index is 12.6. The van der Waals surface area contributed by atoms with Crippen LogP contribution < -0.4 is 15.4 Å². The van der Waals surface area contributed by atoms with E-state index in [1.165, 1.54) is 6.07 Å². The average Bonchev–Trinajstić information content (AvgIpc) is 3.02. The first kappa shape index (κ1) is 23.8. The van der Waals surface area contributed by atoms with Crippen LogP contribution in [0.1, 0.15) is 18.3 Å². The summed E-state index contributed by atoms with van der Waals surface area (Å²) >= 11 is 0. The largest absolute Gasteiger partial charge is 0.434 e. The Kier molecular flexibility index (Phi) is 9.28. The third-order valence-corrected chi connectivity index (χ3v) is 4.41. The van der Waals surface area contributed by atoms with Gasteiger partial charge in [0.15, 0.2) is 5.96 Å². The highest BCUT2D eigenvalue weighted by atomic mass is 127. The summed E-state index contributed by atoms with van der Waals surface area (Å²) < 4.78 is 31.9. The molecule has 1 heterocycles. The number of aryl methyl sites for hydroxylation is 1. The van der Waals surface area contributed by atoms with Crippen molar-refractivity contribution >= 4 is 41.0 Å². The van der Waals surface area contributed by atoms with E-state index >= 15 is 0 Å². The minimum Gasteiger partial charge on any atom is -0.434 e. The number of guanidine groups is 1. The van der Waals surface area contributed by atoms with Gasteiger partial charge < -0.3 is 19.9 Å². The quantitative estimate of drug-likeness (QED) is 0.259. The fourth-order valence-electron chi connectivity index (χ4n) is 3.12. The third kappa shape index (κ3) is 6.28. The summed E-state index contributed by atoms with van der Waals surface area (Å²) in [6.07, 6.45) is 0. The summed E-state index contributed by atoms with van der Waals surface area (Å²) in [6, 6.07) is 14.7. The molecule has 0 aliphatic rings. The predicted octanol–water partition coefficient (Wildman–Crippen LogP) is 4.32. The molecule has 0 saturated carbocycles. The number of para-hydroxylation sites is 3. The number of ether oxygens (including phenoxy) is 1. The van der Waals surface area contributed by atoms with E-state index in [-0.39, 0.29) is 36.3 Å². The number of halogens is 3. The molecule has 0 fully saturated rings. The van der Waals surface area contributed by atoms with Crippen molar-refractivity contribution in [3.63, 3.8) is 0 Å². The average molecular weight is 529 g/mol. The molecule has 0 saturated heterocycles. The van der Waals surface area contributed by atoms with Gasteiger partial charge in [-0.05, 0) is 32.0 Å². The second-order valence-corrected chi connectivity index (χ2v) is 6.41. The van der Waals surface area contributed by atoms with Gasteiger partial charge in [-0.3, -0.25) is 0 Å². The Morgan fingerprint density at radius 2 is 1.87 bits per heavy atom. The molecule has 162 valence electrons. The maximum Gasteiger partial charge on any atom is 0.387 e. The Labute approximate surface area is 191 Å². The van der Waals surface area contributed by atoms with Crippen molar-refractivity contribution in [2.24, 2.45) is 4.99 Å². The number of nitrogens with one attached hydrogen (secondary N) is 2. The number of hydrogen-bond donors (Lipinski definition) is 2. The van der Waals surface area contributed by atoms with Gasteiger partial charge in [0, 0.05) is 25.2 Å². The number of aromatic nitrogens is 2. The number of imidazole rings is 1. The van der Waals surface area contributed by atoms with Crippen LogP contribution >= 0.6 is 24.0 Å². The zero-order valence-corrected chi connectivity index (χ0v) is 19.3. The molecule has 0 amide bonds. The van der Waals surface area contributed by atoms with Crippen LogP contribution in [0.15, 0.2) is 53.5 Å². The molecule has 3 aromatic rings. The molecule has 0 radical (unpaired) electrons. The fraction of sp³-hybridized carbons (Fsp3) is 0.333. The van der Waals surface area contributed by atoms with E-state index in [0.717, 1.165) is 23.4 Å². The minimum absolute atomic E-state index is 0. The number of nitrogens with zero attached hydrogens (tertiary/aromatic N) is 3. The monoisotopic (exact) mass is 529 g/mol. The molecular weight excluding hydrogens is 503 g/mol. The van der Waals surface area contributed by atoms with Gasteiger partial charge in [-0.2, -0.15) is 8.78 Å². The molecule has 0 aliphatic carbocycles. The molecule has 3 rings (SSSR count). The van der Waals surface area contributed by atoms with Crippen LogP contribution in [0.5, 0.6) is 5.75 Å². The zero-order chi connectivity index (χ0) is 20.6. The Bertz CT molecular complexity index is 977. The molecule has 9 heteroatoms. The summed E-state index contributed by atoms with van der Waals surface area (Å²) in [7, 11) is 0. The molecule has 6 nitrogen and oxygen atoms in total. The molecular formula is C21H26F2IN5O. The number of aliphatic imine (C=N–C) groups is 1. The maximum atomic E-state index is 12.6. The highest BCUT2D eigenvalue weighted by molar-refractivity contribution is 14.0. The van der Waals surface area contributed by atoms with Crippen LogP contribution in [0.25, 0.3) is 11.0 Å². The molecule has 0 atom stereocenters. The standard InChI is InChI=1S/C21H25F2N5O.HI/c1-3-24-21(26-14-16-8-4-7-11-19(16)29-20(22)23)25-12-13-28-15(2)27-17-9-5-6-10-18(17)28;/h4-11,20H,3,12-14H2,1-2H3,(H2,24,25,26);1H. The number of fused-ring (bicyclic) bond motifs is 1. The van der Waals surface area contributed by atoms with Gasteiger partial charge in [-0.1, -0.05) is 30.3 Å². The molecule has 1 aromatic heterocycles. The Morgan fingerprint density at radius 3 is 2.63 bits per heavy atom. The lowest BCUT2D eigenvalue weighted by Crippen LogP contribution is -2.38. The smallest absolute Gasteiger partial charge is 0.387 e. The zero-order valence-electron chi connectivity index (χ0n) is 16.9. The first-order chi connectivity index (χ1) is 14.1. The van der Waals surface area contributed by atoms with Crippen LogP contribution in [0.3, 0.4) is 0 Å². The number of rotatable bonds is 8. The van der Waals surface area contributed by atoms with E-state index in [4.69, 9.17) is 0 Å². The van der Waals surface area contributed by atoms with E-state index in [1.807, 2.05) is 32.0 Å². The topological polar surface area (TPSA) is 63.5 Å². The Hall–Kier alpha value is -2.43. The van der Waals surface area contributed by atoms with Crippen molar-refractivity contribution in [2.45, 2.75) is 33.5 Å². The molecule has 0 unspecified atom stereocenters. The van der Waals surface area contributed by atoms with Crippen molar-refractivity contribution in [2.75, 3.05) is 13.1 Å². The molecule has 0 aliphatic heterocycles.